The van der Waals surface area contributed by atoms with E-state index < -0.39 is 11.7 Å². The minimum absolute atomic E-state index is 0.188. The van der Waals surface area contributed by atoms with Gasteiger partial charge in [-0.3, -0.25) is 4.90 Å². The Balaban J connectivity index is 1.35. The molecular formula is C25H24F3N3O2S. The van der Waals surface area contributed by atoms with Crippen LogP contribution in [0.3, 0.4) is 0 Å². The lowest BCUT2D eigenvalue weighted by molar-refractivity contribution is -0.137. The van der Waals surface area contributed by atoms with Gasteiger partial charge in [0.15, 0.2) is 11.5 Å². The molecule has 34 heavy (non-hydrogen) atoms. The molecule has 5 rings (SSSR count). The molecule has 0 amide bonds. The highest BCUT2D eigenvalue weighted by atomic mass is 32.1. The summed E-state index contributed by atoms with van der Waals surface area (Å²) in [4.78, 5) is 6.79. The maximum atomic E-state index is 13.2. The summed E-state index contributed by atoms with van der Waals surface area (Å²) in [7, 11) is 0. The highest BCUT2D eigenvalue weighted by Gasteiger charge is 2.30. The third-order valence-electron chi connectivity index (χ3n) is 5.68. The number of alkyl halides is 3. The van der Waals surface area contributed by atoms with Crippen molar-refractivity contribution in [3.63, 3.8) is 0 Å². The molecule has 1 aromatic heterocycles. The molecule has 0 radical (unpaired) electrons. The van der Waals surface area contributed by atoms with Crippen LogP contribution in [0.1, 0.15) is 40.2 Å². The number of nitrogens with one attached hydrogen (secondary N) is 1. The van der Waals surface area contributed by atoms with Crippen LogP contribution in [0.25, 0.3) is 5.70 Å². The van der Waals surface area contributed by atoms with Crippen molar-refractivity contribution in [3.8, 4) is 11.5 Å². The molecule has 1 aliphatic carbocycles. The van der Waals surface area contributed by atoms with Gasteiger partial charge in [-0.05, 0) is 42.2 Å². The Morgan fingerprint density at radius 3 is 2.59 bits per heavy atom. The second-order valence-electron chi connectivity index (χ2n) is 8.55. The monoisotopic (exact) mass is 487 g/mol. The lowest BCUT2D eigenvalue weighted by Crippen LogP contribution is -2.23. The first-order valence-electron chi connectivity index (χ1n) is 11.0. The van der Waals surface area contributed by atoms with Crippen molar-refractivity contribution in [3.05, 3.63) is 81.8 Å². The van der Waals surface area contributed by atoms with Crippen LogP contribution >= 0.6 is 11.3 Å². The number of thiazole rings is 1. The summed E-state index contributed by atoms with van der Waals surface area (Å²) < 4.78 is 50.6. The zero-order valence-electron chi connectivity index (χ0n) is 18.4. The molecule has 0 unspecified atom stereocenters. The van der Waals surface area contributed by atoms with Gasteiger partial charge >= 0.3 is 6.18 Å². The molecule has 1 saturated carbocycles. The van der Waals surface area contributed by atoms with E-state index in [2.05, 4.69) is 16.8 Å². The standard InChI is InChI=1S/C25H24F3N3O2S/c1-16(29-20-6-7-20)21-14-34-24(30-21)13-31(11-17-3-2-4-19(9-17)25(26,27)28)12-18-5-8-22-23(10-18)33-15-32-22/h2-5,8-10,14,20,29H,1,6-7,11-13,15H2. The van der Waals surface area contributed by atoms with Crippen molar-refractivity contribution >= 4 is 17.0 Å². The fraction of sp³-hybridized carbons (Fsp3) is 0.320. The van der Waals surface area contributed by atoms with Crippen molar-refractivity contribution < 1.29 is 22.6 Å². The Morgan fingerprint density at radius 1 is 1.06 bits per heavy atom. The summed E-state index contributed by atoms with van der Waals surface area (Å²) in [6, 6.07) is 11.7. The van der Waals surface area contributed by atoms with Crippen LogP contribution in [0.2, 0.25) is 0 Å². The van der Waals surface area contributed by atoms with Crippen LogP contribution in [-0.4, -0.2) is 22.7 Å². The second kappa shape index (κ2) is 9.31. The van der Waals surface area contributed by atoms with Gasteiger partial charge < -0.3 is 14.8 Å². The van der Waals surface area contributed by atoms with E-state index >= 15 is 0 Å². The Hall–Kier alpha value is -3.04. The summed E-state index contributed by atoms with van der Waals surface area (Å²) in [6.07, 6.45) is -2.08. The van der Waals surface area contributed by atoms with Crippen LogP contribution in [0, 0.1) is 0 Å². The van der Waals surface area contributed by atoms with Gasteiger partial charge in [-0.1, -0.05) is 30.8 Å². The molecule has 5 nitrogen and oxygen atoms in total. The fourth-order valence-electron chi connectivity index (χ4n) is 3.83. The lowest BCUT2D eigenvalue weighted by atomic mass is 10.1. The van der Waals surface area contributed by atoms with E-state index in [0.717, 1.165) is 40.9 Å². The quantitative estimate of drug-likeness (QED) is 0.412. The molecule has 1 aliphatic heterocycles. The van der Waals surface area contributed by atoms with Crippen molar-refractivity contribution in [2.45, 2.75) is 44.7 Å². The predicted octanol–water partition coefficient (Wildman–Crippen LogP) is 5.82. The summed E-state index contributed by atoms with van der Waals surface area (Å²) >= 11 is 1.52. The molecule has 2 heterocycles. The van der Waals surface area contributed by atoms with Crippen molar-refractivity contribution in [2.24, 2.45) is 0 Å². The zero-order chi connectivity index (χ0) is 23.7. The van der Waals surface area contributed by atoms with E-state index in [1.807, 2.05) is 23.6 Å². The first kappa shape index (κ1) is 22.7. The minimum atomic E-state index is -4.38. The summed E-state index contributed by atoms with van der Waals surface area (Å²) in [5.41, 5.74) is 2.55. The SMILES string of the molecule is C=C(NC1CC1)c1csc(CN(Cc2cccc(C(F)(F)F)c2)Cc2ccc3c(c2)OCO3)n1. The number of benzene rings is 2. The molecule has 0 bridgehead atoms. The normalized spacial score (nSPS) is 15.1. The molecule has 0 saturated heterocycles. The van der Waals surface area contributed by atoms with Gasteiger partial charge in [0, 0.05) is 24.5 Å². The molecule has 1 fully saturated rings. The highest BCUT2D eigenvalue weighted by molar-refractivity contribution is 7.09. The Kier molecular flexibility index (Phi) is 6.22. The van der Waals surface area contributed by atoms with E-state index in [1.54, 1.807) is 6.07 Å². The van der Waals surface area contributed by atoms with Crippen LogP contribution < -0.4 is 14.8 Å². The zero-order valence-corrected chi connectivity index (χ0v) is 19.2. The van der Waals surface area contributed by atoms with Gasteiger partial charge in [-0.2, -0.15) is 13.2 Å². The number of hydrogen-bond donors (Lipinski definition) is 1. The molecule has 2 aromatic carbocycles. The number of halogens is 3. The van der Waals surface area contributed by atoms with E-state index in [1.165, 1.54) is 23.5 Å². The van der Waals surface area contributed by atoms with Crippen molar-refractivity contribution in [2.75, 3.05) is 6.79 Å². The average molecular weight is 488 g/mol. The topological polar surface area (TPSA) is 46.6 Å². The highest BCUT2D eigenvalue weighted by Crippen LogP contribution is 2.34. The van der Waals surface area contributed by atoms with E-state index in [4.69, 9.17) is 14.5 Å². The number of aromatic nitrogens is 1. The van der Waals surface area contributed by atoms with Crippen LogP contribution in [0.5, 0.6) is 11.5 Å². The number of nitrogens with zero attached hydrogens (tertiary/aromatic N) is 2. The number of ether oxygens (including phenoxy) is 2. The van der Waals surface area contributed by atoms with Gasteiger partial charge in [0.05, 0.1) is 23.5 Å². The number of rotatable bonds is 9. The summed E-state index contributed by atoms with van der Waals surface area (Å²) in [5, 5.41) is 6.21. The van der Waals surface area contributed by atoms with Crippen LogP contribution in [-0.2, 0) is 25.8 Å². The lowest BCUT2D eigenvalue weighted by Gasteiger charge is -2.22. The van der Waals surface area contributed by atoms with E-state index in [9.17, 15) is 13.2 Å². The number of hydrogen-bond acceptors (Lipinski definition) is 6. The molecule has 0 atom stereocenters. The molecular weight excluding hydrogens is 463 g/mol. The third-order valence-corrected chi connectivity index (χ3v) is 6.51. The first-order valence-corrected chi connectivity index (χ1v) is 11.9. The summed E-state index contributed by atoms with van der Waals surface area (Å²) in [5.74, 6) is 1.37. The van der Waals surface area contributed by atoms with E-state index in [0.29, 0.717) is 42.7 Å². The molecule has 0 spiro atoms. The van der Waals surface area contributed by atoms with Crippen molar-refractivity contribution in [1.82, 2.24) is 15.2 Å². The van der Waals surface area contributed by atoms with Crippen LogP contribution in [0.4, 0.5) is 13.2 Å². The van der Waals surface area contributed by atoms with Gasteiger partial charge in [0.1, 0.15) is 5.01 Å². The van der Waals surface area contributed by atoms with Crippen LogP contribution in [0.15, 0.2) is 54.4 Å². The van der Waals surface area contributed by atoms with E-state index in [-0.39, 0.29) is 6.79 Å². The largest absolute Gasteiger partial charge is 0.454 e. The van der Waals surface area contributed by atoms with Gasteiger partial charge in [-0.25, -0.2) is 4.98 Å². The van der Waals surface area contributed by atoms with Gasteiger partial charge in [-0.15, -0.1) is 11.3 Å². The second-order valence-corrected chi connectivity index (χ2v) is 9.50. The first-order chi connectivity index (χ1) is 16.3. The van der Waals surface area contributed by atoms with Gasteiger partial charge in [0.25, 0.3) is 0 Å². The fourth-order valence-corrected chi connectivity index (χ4v) is 4.68. The Bertz CT molecular complexity index is 1190. The summed E-state index contributed by atoms with van der Waals surface area (Å²) in [6.45, 7) is 5.62. The average Bonchev–Trinajstić information content (AvgIpc) is 3.28. The number of fused-ring (bicyclic) bond motifs is 1. The molecule has 2 aliphatic rings. The predicted molar refractivity (Wildman–Crippen MR) is 124 cm³/mol. The smallest absolute Gasteiger partial charge is 0.416 e. The Labute approximate surface area is 199 Å². The maximum absolute atomic E-state index is 13.2. The maximum Gasteiger partial charge on any atom is 0.416 e. The third kappa shape index (κ3) is 5.53. The minimum Gasteiger partial charge on any atom is -0.454 e. The van der Waals surface area contributed by atoms with Gasteiger partial charge in [0.2, 0.25) is 6.79 Å². The van der Waals surface area contributed by atoms with Crippen molar-refractivity contribution in [1.29, 1.82) is 0 Å². The molecule has 9 heteroatoms. The molecule has 3 aromatic rings. The molecule has 1 N–H and O–H groups in total. The molecule has 178 valence electrons. The Morgan fingerprint density at radius 2 is 1.82 bits per heavy atom.